The third-order valence-corrected chi connectivity index (χ3v) is 5.16. The summed E-state index contributed by atoms with van der Waals surface area (Å²) < 4.78 is 0. The van der Waals surface area contributed by atoms with Gasteiger partial charge in [0.1, 0.15) is 0 Å². The fourth-order valence-corrected chi connectivity index (χ4v) is 3.13. The summed E-state index contributed by atoms with van der Waals surface area (Å²) in [7, 11) is 0. The summed E-state index contributed by atoms with van der Waals surface area (Å²) in [5, 5.41) is 10.2. The van der Waals surface area contributed by atoms with Gasteiger partial charge in [-0.1, -0.05) is 36.7 Å². The van der Waals surface area contributed by atoms with Gasteiger partial charge in [0.15, 0.2) is 0 Å². The number of rotatable bonds is 4. The molecular formula is C18H24ClNO2. The summed E-state index contributed by atoms with van der Waals surface area (Å²) in [6.07, 6.45) is 4.54. The zero-order valence-electron chi connectivity index (χ0n) is 13.3. The van der Waals surface area contributed by atoms with Crippen molar-refractivity contribution < 1.29 is 9.90 Å². The Morgan fingerprint density at radius 1 is 1.36 bits per heavy atom. The molecule has 1 aromatic carbocycles. The topological polar surface area (TPSA) is 40.5 Å². The maximum Gasteiger partial charge on any atom is 0.249 e. The van der Waals surface area contributed by atoms with Gasteiger partial charge in [0.2, 0.25) is 5.91 Å². The quantitative estimate of drug-likeness (QED) is 0.858. The highest BCUT2D eigenvalue weighted by atomic mass is 35.5. The normalized spacial score (nSPS) is 18.4. The van der Waals surface area contributed by atoms with Gasteiger partial charge in [-0.2, -0.15) is 0 Å². The van der Waals surface area contributed by atoms with E-state index in [9.17, 15) is 9.90 Å². The van der Waals surface area contributed by atoms with Crippen LogP contribution in [0.4, 0.5) is 0 Å². The van der Waals surface area contributed by atoms with Crippen LogP contribution in [0.5, 0.6) is 0 Å². The van der Waals surface area contributed by atoms with Crippen molar-refractivity contribution in [1.82, 2.24) is 4.90 Å². The highest BCUT2D eigenvalue weighted by Crippen LogP contribution is 2.34. The number of amides is 1. The number of hydrogen-bond donors (Lipinski definition) is 1. The van der Waals surface area contributed by atoms with Crippen molar-refractivity contribution in [3.05, 3.63) is 40.4 Å². The lowest BCUT2D eigenvalue weighted by Gasteiger charge is -2.40. The van der Waals surface area contributed by atoms with E-state index in [1.54, 1.807) is 0 Å². The summed E-state index contributed by atoms with van der Waals surface area (Å²) in [6, 6.07) is 7.51. The van der Waals surface area contributed by atoms with E-state index in [-0.39, 0.29) is 17.9 Å². The molecule has 1 fully saturated rings. The zero-order valence-corrected chi connectivity index (χ0v) is 14.1. The minimum atomic E-state index is -0.00284. The number of nitrogens with zero attached hydrogens (tertiary/aromatic N) is 1. The second kappa shape index (κ2) is 7.30. The van der Waals surface area contributed by atoms with Crippen LogP contribution in [0.25, 0.3) is 6.08 Å². The summed E-state index contributed by atoms with van der Waals surface area (Å²) in [6.45, 7) is 5.57. The Hall–Kier alpha value is -1.32. The Morgan fingerprint density at radius 3 is 2.55 bits per heavy atom. The van der Waals surface area contributed by atoms with Gasteiger partial charge in [-0.15, -0.1) is 0 Å². The summed E-state index contributed by atoms with van der Waals surface area (Å²) in [5.41, 5.74) is 1.56. The van der Waals surface area contributed by atoms with E-state index < -0.39 is 0 Å². The van der Waals surface area contributed by atoms with Crippen LogP contribution in [0.3, 0.4) is 0 Å². The maximum atomic E-state index is 12.6. The molecule has 1 aliphatic heterocycles. The van der Waals surface area contributed by atoms with Crippen molar-refractivity contribution in [3.8, 4) is 0 Å². The highest BCUT2D eigenvalue weighted by molar-refractivity contribution is 6.32. The average molecular weight is 322 g/mol. The van der Waals surface area contributed by atoms with Gasteiger partial charge >= 0.3 is 0 Å². The number of aliphatic hydroxyl groups is 1. The fraction of sp³-hybridized carbons (Fsp3) is 0.500. The lowest BCUT2D eigenvalue weighted by molar-refractivity contribution is -0.129. The van der Waals surface area contributed by atoms with E-state index >= 15 is 0 Å². The van der Waals surface area contributed by atoms with Gasteiger partial charge in [0, 0.05) is 30.3 Å². The van der Waals surface area contributed by atoms with Gasteiger partial charge in [-0.25, -0.2) is 0 Å². The maximum absolute atomic E-state index is 12.6. The van der Waals surface area contributed by atoms with E-state index in [0.717, 1.165) is 24.8 Å². The van der Waals surface area contributed by atoms with Crippen molar-refractivity contribution in [3.63, 3.8) is 0 Å². The van der Waals surface area contributed by atoms with Crippen molar-refractivity contribution in [1.29, 1.82) is 0 Å². The smallest absolute Gasteiger partial charge is 0.249 e. The van der Waals surface area contributed by atoms with Crippen LogP contribution in [0.15, 0.2) is 29.8 Å². The average Bonchev–Trinajstić information content (AvgIpc) is 2.56. The van der Waals surface area contributed by atoms with E-state index in [1.165, 1.54) is 0 Å². The van der Waals surface area contributed by atoms with Crippen molar-refractivity contribution >= 4 is 23.6 Å². The van der Waals surface area contributed by atoms with E-state index in [2.05, 4.69) is 6.92 Å². The van der Waals surface area contributed by atoms with Gasteiger partial charge in [0.05, 0.1) is 0 Å². The number of carbonyl (C=O) groups excluding carboxylic acids is 1. The molecule has 1 aromatic rings. The van der Waals surface area contributed by atoms with Crippen LogP contribution >= 0.6 is 11.6 Å². The number of hydrogen-bond acceptors (Lipinski definition) is 2. The number of piperidine rings is 1. The van der Waals surface area contributed by atoms with E-state index in [1.807, 2.05) is 42.2 Å². The summed E-state index contributed by atoms with van der Waals surface area (Å²) in [4.78, 5) is 14.4. The molecule has 1 aliphatic rings. The van der Waals surface area contributed by atoms with Crippen LogP contribution in [-0.4, -0.2) is 35.6 Å². The Morgan fingerprint density at radius 2 is 2.00 bits per heavy atom. The molecule has 2 rings (SSSR count). The first-order valence-electron chi connectivity index (χ1n) is 7.84. The Labute approximate surface area is 137 Å². The molecule has 0 aromatic heterocycles. The van der Waals surface area contributed by atoms with Gasteiger partial charge in [0.25, 0.3) is 0 Å². The first kappa shape index (κ1) is 17.0. The lowest BCUT2D eigenvalue weighted by atomic mass is 9.77. The molecule has 1 N–H and O–H groups in total. The van der Waals surface area contributed by atoms with E-state index in [0.29, 0.717) is 23.7 Å². The highest BCUT2D eigenvalue weighted by Gasteiger charge is 2.34. The van der Waals surface area contributed by atoms with Crippen molar-refractivity contribution in [2.45, 2.75) is 33.1 Å². The third-order valence-electron chi connectivity index (χ3n) is 4.81. The monoisotopic (exact) mass is 321 g/mol. The summed E-state index contributed by atoms with van der Waals surface area (Å²) in [5.74, 6) is 0.0579. The van der Waals surface area contributed by atoms with E-state index in [4.69, 9.17) is 11.6 Å². The summed E-state index contributed by atoms with van der Waals surface area (Å²) >= 11 is 6.14. The standard InChI is InChI=1S/C18H24ClNO2/c1-3-18(13-21)8-10-20(11-9-18)17(22)14(2)12-15-6-4-5-7-16(15)19/h4-7,12,21H,3,8-11,13H2,1-2H3/b14-12+. The predicted molar refractivity (Wildman–Crippen MR) is 90.7 cm³/mol. The second-order valence-electron chi connectivity index (χ2n) is 6.15. The first-order valence-corrected chi connectivity index (χ1v) is 8.22. The molecule has 0 spiro atoms. The zero-order chi connectivity index (χ0) is 16.2. The molecule has 0 saturated carbocycles. The Balaban J connectivity index is 2.05. The molecule has 1 heterocycles. The molecule has 0 radical (unpaired) electrons. The Kier molecular flexibility index (Phi) is 5.65. The first-order chi connectivity index (χ1) is 10.5. The fourth-order valence-electron chi connectivity index (χ4n) is 2.94. The molecule has 4 heteroatoms. The van der Waals surface area contributed by atoms with Gasteiger partial charge in [-0.3, -0.25) is 4.79 Å². The minimum absolute atomic E-state index is 0.00284. The third kappa shape index (κ3) is 3.71. The molecule has 120 valence electrons. The van der Waals surface area contributed by atoms with Crippen molar-refractivity contribution in [2.24, 2.45) is 5.41 Å². The lowest BCUT2D eigenvalue weighted by Crippen LogP contribution is -2.44. The molecule has 1 amide bonds. The molecule has 22 heavy (non-hydrogen) atoms. The van der Waals surface area contributed by atoms with Gasteiger partial charge in [-0.05, 0) is 49.3 Å². The largest absolute Gasteiger partial charge is 0.396 e. The molecule has 0 unspecified atom stereocenters. The number of likely N-dealkylation sites (tertiary alicyclic amines) is 1. The molecule has 3 nitrogen and oxygen atoms in total. The van der Waals surface area contributed by atoms with Crippen LogP contribution < -0.4 is 0 Å². The molecule has 0 bridgehead atoms. The number of aliphatic hydroxyl groups excluding tert-OH is 1. The van der Waals surface area contributed by atoms with Crippen LogP contribution in [0, 0.1) is 5.41 Å². The number of halogens is 1. The minimum Gasteiger partial charge on any atom is -0.396 e. The molecular weight excluding hydrogens is 298 g/mol. The van der Waals surface area contributed by atoms with Crippen molar-refractivity contribution in [2.75, 3.05) is 19.7 Å². The Bertz CT molecular complexity index is 554. The molecule has 0 aliphatic carbocycles. The van der Waals surface area contributed by atoms with Gasteiger partial charge < -0.3 is 10.0 Å². The van der Waals surface area contributed by atoms with Crippen LogP contribution in [0.1, 0.15) is 38.7 Å². The predicted octanol–water partition coefficient (Wildman–Crippen LogP) is 3.75. The second-order valence-corrected chi connectivity index (χ2v) is 6.56. The number of benzene rings is 1. The SMILES string of the molecule is CCC1(CO)CCN(C(=O)/C(C)=C/c2ccccc2Cl)CC1. The number of carbonyl (C=O) groups is 1. The van der Waals surface area contributed by atoms with Crippen LogP contribution in [-0.2, 0) is 4.79 Å². The molecule has 0 atom stereocenters. The molecule has 1 saturated heterocycles. The van der Waals surface area contributed by atoms with Crippen LogP contribution in [0.2, 0.25) is 5.02 Å².